The van der Waals surface area contributed by atoms with E-state index in [4.69, 9.17) is 0 Å². The number of benzene rings is 1. The van der Waals surface area contributed by atoms with Gasteiger partial charge in [0.2, 0.25) is 10.0 Å². The van der Waals surface area contributed by atoms with Gasteiger partial charge in [0.1, 0.15) is 5.82 Å². The highest BCUT2D eigenvalue weighted by Gasteiger charge is 2.30. The molecule has 0 radical (unpaired) electrons. The van der Waals surface area contributed by atoms with Gasteiger partial charge in [-0.15, -0.1) is 0 Å². The fourth-order valence-electron chi connectivity index (χ4n) is 2.77. The van der Waals surface area contributed by atoms with Crippen LogP contribution in [0, 0.1) is 0 Å². The number of imidazole rings is 1. The predicted molar refractivity (Wildman–Crippen MR) is 91.7 cm³/mol. The minimum absolute atomic E-state index is 0.233. The zero-order valence-electron chi connectivity index (χ0n) is 13.2. The van der Waals surface area contributed by atoms with E-state index >= 15 is 0 Å². The number of rotatable bonds is 5. The van der Waals surface area contributed by atoms with Crippen molar-refractivity contribution in [1.82, 2.24) is 18.8 Å². The molecule has 2 heterocycles. The quantitative estimate of drug-likeness (QED) is 0.725. The Morgan fingerprint density at radius 3 is 2.48 bits per heavy atom. The summed E-state index contributed by atoms with van der Waals surface area (Å²) >= 11 is 3.27. The molecule has 0 spiro atoms. The summed E-state index contributed by atoms with van der Waals surface area (Å²) in [6.45, 7) is -0.840. The summed E-state index contributed by atoms with van der Waals surface area (Å²) in [4.78, 5) is 6.12. The van der Waals surface area contributed by atoms with Crippen molar-refractivity contribution in [2.24, 2.45) is 0 Å². The molecule has 1 aliphatic heterocycles. The van der Waals surface area contributed by atoms with Crippen molar-refractivity contribution in [2.45, 2.75) is 18.0 Å². The number of nitrogens with zero attached hydrogens (tertiary/aromatic N) is 4. The van der Waals surface area contributed by atoms with Crippen molar-refractivity contribution >= 4 is 26.0 Å². The summed E-state index contributed by atoms with van der Waals surface area (Å²) in [6.07, 6.45) is 2.59. The number of halogens is 3. The van der Waals surface area contributed by atoms with Gasteiger partial charge < -0.3 is 0 Å². The monoisotopic (exact) mass is 434 g/mol. The topological polar surface area (TPSA) is 58.4 Å². The first kappa shape index (κ1) is 18.4. The second kappa shape index (κ2) is 7.48. The number of hydrogen-bond acceptors (Lipinski definition) is 4. The Bertz CT molecular complexity index is 836. The van der Waals surface area contributed by atoms with Crippen LogP contribution in [0.2, 0.25) is 0 Å². The number of alkyl halides is 2. The van der Waals surface area contributed by atoms with Gasteiger partial charge >= 0.3 is 6.55 Å². The molecule has 136 valence electrons. The van der Waals surface area contributed by atoms with Gasteiger partial charge in [-0.2, -0.15) is 13.1 Å². The second-order valence-corrected chi connectivity index (χ2v) is 8.40. The molecule has 0 unspecified atom stereocenters. The average Bonchev–Trinajstić information content (AvgIpc) is 3.04. The molecule has 0 atom stereocenters. The molecule has 0 aliphatic carbocycles. The molecule has 2 aromatic rings. The zero-order valence-corrected chi connectivity index (χ0v) is 15.6. The molecule has 0 bridgehead atoms. The van der Waals surface area contributed by atoms with Crippen LogP contribution < -0.4 is 0 Å². The lowest BCUT2D eigenvalue weighted by Crippen LogP contribution is -2.48. The van der Waals surface area contributed by atoms with Gasteiger partial charge in [-0.3, -0.25) is 9.47 Å². The van der Waals surface area contributed by atoms with Crippen LogP contribution in [0.4, 0.5) is 8.78 Å². The standard InChI is InChI=1S/C15H17BrF2N4O2S/c16-12-3-1-2-4-13(12)25(23,24)21-9-7-20(8-10-21)11-14-19-5-6-22(14)15(17)18/h1-6,15H,7-11H2. The van der Waals surface area contributed by atoms with E-state index in [-0.39, 0.29) is 17.3 Å². The van der Waals surface area contributed by atoms with Crippen molar-refractivity contribution in [2.75, 3.05) is 26.2 Å². The van der Waals surface area contributed by atoms with Gasteiger partial charge in [0, 0.05) is 43.0 Å². The first-order chi connectivity index (χ1) is 11.9. The molecule has 6 nitrogen and oxygen atoms in total. The van der Waals surface area contributed by atoms with Gasteiger partial charge in [0.05, 0.1) is 11.4 Å². The van der Waals surface area contributed by atoms with Gasteiger partial charge in [-0.05, 0) is 28.1 Å². The van der Waals surface area contributed by atoms with Gasteiger partial charge in [-0.25, -0.2) is 13.4 Å². The highest BCUT2D eigenvalue weighted by atomic mass is 79.9. The lowest BCUT2D eigenvalue weighted by molar-refractivity contribution is 0.0626. The molecule has 25 heavy (non-hydrogen) atoms. The average molecular weight is 435 g/mol. The van der Waals surface area contributed by atoms with E-state index in [0.717, 1.165) is 4.57 Å². The third-order valence-corrected chi connectivity index (χ3v) is 7.02. The molecular weight excluding hydrogens is 418 g/mol. The summed E-state index contributed by atoms with van der Waals surface area (Å²) in [5.74, 6) is 0.275. The third-order valence-electron chi connectivity index (χ3n) is 4.11. The maximum absolute atomic E-state index is 12.9. The maximum Gasteiger partial charge on any atom is 0.319 e. The van der Waals surface area contributed by atoms with E-state index in [0.29, 0.717) is 30.7 Å². The smallest absolute Gasteiger partial charge is 0.293 e. The van der Waals surface area contributed by atoms with Crippen molar-refractivity contribution in [1.29, 1.82) is 0 Å². The van der Waals surface area contributed by atoms with Crippen molar-refractivity contribution in [3.05, 3.63) is 47.0 Å². The first-order valence-electron chi connectivity index (χ1n) is 7.66. The molecule has 1 fully saturated rings. The Balaban J connectivity index is 1.66. The fourth-order valence-corrected chi connectivity index (χ4v) is 5.15. The summed E-state index contributed by atoms with van der Waals surface area (Å²) in [6, 6.07) is 6.68. The third kappa shape index (κ3) is 3.91. The fraction of sp³-hybridized carbons (Fsp3) is 0.400. The molecule has 3 rings (SSSR count). The van der Waals surface area contributed by atoms with Gasteiger partial charge in [0.15, 0.2) is 0 Å². The molecule has 1 saturated heterocycles. The predicted octanol–water partition coefficient (Wildman–Crippen LogP) is 2.55. The van der Waals surface area contributed by atoms with Crippen molar-refractivity contribution < 1.29 is 17.2 Å². The van der Waals surface area contributed by atoms with Crippen LogP contribution in [-0.4, -0.2) is 53.4 Å². The van der Waals surface area contributed by atoms with Crippen LogP contribution in [0.1, 0.15) is 12.4 Å². The Morgan fingerprint density at radius 2 is 1.84 bits per heavy atom. The van der Waals surface area contributed by atoms with E-state index in [1.54, 1.807) is 24.3 Å². The molecule has 1 aliphatic rings. The van der Waals surface area contributed by atoms with E-state index < -0.39 is 16.6 Å². The number of hydrogen-bond donors (Lipinski definition) is 0. The van der Waals surface area contributed by atoms with Crippen LogP contribution in [-0.2, 0) is 16.6 Å². The molecule has 0 amide bonds. The van der Waals surface area contributed by atoms with E-state index in [1.807, 2.05) is 4.90 Å². The Hall–Kier alpha value is -1.36. The molecule has 10 heteroatoms. The van der Waals surface area contributed by atoms with E-state index in [1.165, 1.54) is 16.7 Å². The number of piperazine rings is 1. The van der Waals surface area contributed by atoms with Crippen molar-refractivity contribution in [3.8, 4) is 0 Å². The molecular formula is C15H17BrF2N4O2S. The second-order valence-electron chi connectivity index (χ2n) is 5.64. The number of aromatic nitrogens is 2. The summed E-state index contributed by atoms with van der Waals surface area (Å²) < 4.78 is 54.0. The van der Waals surface area contributed by atoms with Crippen LogP contribution >= 0.6 is 15.9 Å². The molecule has 1 aromatic heterocycles. The molecule has 0 N–H and O–H groups in total. The number of sulfonamides is 1. The summed E-state index contributed by atoms with van der Waals surface area (Å²) in [7, 11) is -3.58. The minimum atomic E-state index is -3.58. The van der Waals surface area contributed by atoms with Gasteiger partial charge in [0.25, 0.3) is 0 Å². The Morgan fingerprint density at radius 1 is 1.16 bits per heavy atom. The SMILES string of the molecule is O=S(=O)(c1ccccc1Br)N1CCN(Cc2nccn2C(F)F)CC1. The van der Waals surface area contributed by atoms with Crippen LogP contribution in [0.3, 0.4) is 0 Å². The van der Waals surface area contributed by atoms with Crippen LogP contribution in [0.25, 0.3) is 0 Å². The highest BCUT2D eigenvalue weighted by Crippen LogP contribution is 2.25. The lowest BCUT2D eigenvalue weighted by atomic mass is 10.3. The molecule has 1 aromatic carbocycles. The van der Waals surface area contributed by atoms with Crippen LogP contribution in [0.5, 0.6) is 0 Å². The highest BCUT2D eigenvalue weighted by molar-refractivity contribution is 9.10. The van der Waals surface area contributed by atoms with E-state index in [2.05, 4.69) is 20.9 Å². The lowest BCUT2D eigenvalue weighted by Gasteiger charge is -2.33. The molecule has 0 saturated carbocycles. The zero-order chi connectivity index (χ0) is 18.0. The summed E-state index contributed by atoms with van der Waals surface area (Å²) in [5, 5.41) is 0. The summed E-state index contributed by atoms with van der Waals surface area (Å²) in [5.41, 5.74) is 0. The largest absolute Gasteiger partial charge is 0.319 e. The first-order valence-corrected chi connectivity index (χ1v) is 9.90. The van der Waals surface area contributed by atoms with Crippen LogP contribution in [0.15, 0.2) is 46.0 Å². The Labute approximate surface area is 153 Å². The van der Waals surface area contributed by atoms with Crippen molar-refractivity contribution in [3.63, 3.8) is 0 Å². The Kier molecular flexibility index (Phi) is 5.52. The van der Waals surface area contributed by atoms with E-state index in [9.17, 15) is 17.2 Å². The normalized spacial score (nSPS) is 17.3. The maximum atomic E-state index is 12.9. The van der Waals surface area contributed by atoms with Gasteiger partial charge in [-0.1, -0.05) is 12.1 Å². The minimum Gasteiger partial charge on any atom is -0.293 e.